The van der Waals surface area contributed by atoms with Crippen LogP contribution < -0.4 is 14.4 Å². The number of ether oxygens (including phenoxy) is 1. The second-order valence-electron chi connectivity index (χ2n) is 11.1. The third-order valence-corrected chi connectivity index (χ3v) is 10.8. The van der Waals surface area contributed by atoms with Crippen LogP contribution in [0.3, 0.4) is 0 Å². The Bertz CT molecular complexity index is 1770. The fourth-order valence-electron chi connectivity index (χ4n) is 4.99. The number of nitrogens with one attached hydrogen (secondary N) is 1. The number of carbonyl (C=O) groups excluding carboxylic acids is 2. The quantitative estimate of drug-likeness (QED) is 0.133. The minimum atomic E-state index is -4.27. The highest BCUT2D eigenvalue weighted by Gasteiger charge is 2.35. The van der Waals surface area contributed by atoms with Gasteiger partial charge in [0.15, 0.2) is 0 Å². The Morgan fingerprint density at radius 1 is 0.875 bits per heavy atom. The Morgan fingerprint density at radius 2 is 1.50 bits per heavy atom. The molecule has 0 aliphatic carbocycles. The van der Waals surface area contributed by atoms with Gasteiger partial charge in [0.1, 0.15) is 18.3 Å². The second-order valence-corrected chi connectivity index (χ2v) is 14.7. The molecular formula is C36H38BrCl2N3O5S. The van der Waals surface area contributed by atoms with Gasteiger partial charge < -0.3 is 15.0 Å². The lowest BCUT2D eigenvalue weighted by atomic mass is 10.0. The van der Waals surface area contributed by atoms with E-state index in [1.54, 1.807) is 54.6 Å². The second kappa shape index (κ2) is 17.2. The van der Waals surface area contributed by atoms with Gasteiger partial charge in [-0.1, -0.05) is 82.5 Å². The Kier molecular flexibility index (Phi) is 13.3. The summed E-state index contributed by atoms with van der Waals surface area (Å²) < 4.78 is 35.8. The molecule has 4 aromatic carbocycles. The highest BCUT2D eigenvalue weighted by Crippen LogP contribution is 2.30. The fourth-order valence-corrected chi connectivity index (χ4v) is 7.18. The molecule has 0 bridgehead atoms. The number of rotatable bonds is 15. The molecule has 0 fully saturated rings. The summed E-state index contributed by atoms with van der Waals surface area (Å²) in [7, 11) is -4.27. The number of sulfonamides is 1. The fraction of sp³-hybridized carbons (Fsp3) is 0.278. The average Bonchev–Trinajstić information content (AvgIpc) is 3.07. The molecule has 0 spiro atoms. The molecule has 0 aliphatic heterocycles. The summed E-state index contributed by atoms with van der Waals surface area (Å²) in [5.41, 5.74) is 1.50. The molecule has 0 radical (unpaired) electrons. The van der Waals surface area contributed by atoms with Gasteiger partial charge in [-0.05, 0) is 86.5 Å². The molecule has 12 heteroatoms. The number of carbonyl (C=O) groups is 2. The summed E-state index contributed by atoms with van der Waals surface area (Å²) in [6, 6.07) is 25.7. The van der Waals surface area contributed by atoms with Gasteiger partial charge in [0.25, 0.3) is 10.0 Å². The minimum absolute atomic E-state index is 0.0107. The van der Waals surface area contributed by atoms with Crippen LogP contribution in [0.15, 0.2) is 106 Å². The number of benzene rings is 4. The Balaban J connectivity index is 1.84. The molecule has 4 rings (SSSR count). The third kappa shape index (κ3) is 9.53. The maximum Gasteiger partial charge on any atom is 0.264 e. The van der Waals surface area contributed by atoms with Gasteiger partial charge in [0, 0.05) is 39.1 Å². The molecule has 0 saturated heterocycles. The minimum Gasteiger partial charge on any atom is -0.494 e. The first kappa shape index (κ1) is 37.3. The summed E-state index contributed by atoms with van der Waals surface area (Å²) in [5.74, 6) is -0.456. The van der Waals surface area contributed by atoms with Gasteiger partial charge in [-0.2, -0.15) is 0 Å². The van der Waals surface area contributed by atoms with Crippen LogP contribution in [0.1, 0.15) is 38.3 Å². The van der Waals surface area contributed by atoms with E-state index < -0.39 is 28.5 Å². The van der Waals surface area contributed by atoms with Gasteiger partial charge in [0.2, 0.25) is 11.8 Å². The van der Waals surface area contributed by atoms with Crippen molar-refractivity contribution in [2.24, 2.45) is 0 Å². The first-order chi connectivity index (χ1) is 22.9. The van der Waals surface area contributed by atoms with E-state index in [2.05, 4.69) is 21.2 Å². The Morgan fingerprint density at radius 3 is 2.08 bits per heavy atom. The molecule has 0 aliphatic rings. The molecule has 4 aromatic rings. The summed E-state index contributed by atoms with van der Waals surface area (Å²) in [6.07, 6.45) is 0.838. The first-order valence-electron chi connectivity index (χ1n) is 15.5. The molecule has 1 N–H and O–H groups in total. The molecule has 254 valence electrons. The maximum atomic E-state index is 14.7. The Labute approximate surface area is 301 Å². The number of amides is 2. The van der Waals surface area contributed by atoms with Crippen molar-refractivity contribution in [1.82, 2.24) is 10.2 Å². The van der Waals surface area contributed by atoms with Crippen molar-refractivity contribution < 1.29 is 22.7 Å². The first-order valence-corrected chi connectivity index (χ1v) is 18.5. The van der Waals surface area contributed by atoms with E-state index in [4.69, 9.17) is 27.9 Å². The smallest absolute Gasteiger partial charge is 0.264 e. The predicted molar refractivity (Wildman–Crippen MR) is 195 cm³/mol. The number of hydrogen-bond donors (Lipinski definition) is 1. The molecule has 2 atom stereocenters. The largest absolute Gasteiger partial charge is 0.494 e. The zero-order valence-electron chi connectivity index (χ0n) is 26.9. The van der Waals surface area contributed by atoms with E-state index in [9.17, 15) is 18.0 Å². The topological polar surface area (TPSA) is 96.0 Å². The van der Waals surface area contributed by atoms with Crippen LogP contribution in [-0.4, -0.2) is 50.4 Å². The average molecular weight is 776 g/mol. The van der Waals surface area contributed by atoms with Crippen molar-refractivity contribution in [3.05, 3.63) is 123 Å². The molecule has 48 heavy (non-hydrogen) atoms. The number of halogens is 3. The van der Waals surface area contributed by atoms with Gasteiger partial charge in [-0.3, -0.25) is 13.9 Å². The Hall–Kier alpha value is -3.57. The van der Waals surface area contributed by atoms with E-state index in [0.29, 0.717) is 38.9 Å². The summed E-state index contributed by atoms with van der Waals surface area (Å²) >= 11 is 16.5. The summed E-state index contributed by atoms with van der Waals surface area (Å²) in [6.45, 7) is 5.35. The normalized spacial score (nSPS) is 12.5. The molecule has 0 saturated carbocycles. The van der Waals surface area contributed by atoms with Crippen LogP contribution in [0.2, 0.25) is 10.0 Å². The van der Waals surface area contributed by atoms with Crippen LogP contribution >= 0.6 is 39.1 Å². The van der Waals surface area contributed by atoms with Crippen molar-refractivity contribution in [1.29, 1.82) is 0 Å². The lowest BCUT2D eigenvalue weighted by molar-refractivity contribution is -0.140. The highest BCUT2D eigenvalue weighted by molar-refractivity contribution is 9.10. The molecule has 8 nitrogen and oxygen atoms in total. The van der Waals surface area contributed by atoms with Crippen LogP contribution in [0, 0.1) is 0 Å². The van der Waals surface area contributed by atoms with Gasteiger partial charge in [-0.25, -0.2) is 8.42 Å². The monoisotopic (exact) mass is 773 g/mol. The van der Waals surface area contributed by atoms with Crippen LogP contribution in [0.4, 0.5) is 5.69 Å². The van der Waals surface area contributed by atoms with E-state index >= 15 is 0 Å². The predicted octanol–water partition coefficient (Wildman–Crippen LogP) is 7.90. The van der Waals surface area contributed by atoms with Crippen molar-refractivity contribution in [2.45, 2.75) is 57.1 Å². The van der Waals surface area contributed by atoms with E-state index in [0.717, 1.165) is 9.87 Å². The van der Waals surface area contributed by atoms with Crippen molar-refractivity contribution >= 4 is 66.7 Å². The van der Waals surface area contributed by atoms with Crippen molar-refractivity contribution in [3.63, 3.8) is 0 Å². The zero-order valence-corrected chi connectivity index (χ0v) is 30.8. The summed E-state index contributed by atoms with van der Waals surface area (Å²) in [4.78, 5) is 30.0. The number of hydrogen-bond acceptors (Lipinski definition) is 5. The lowest BCUT2D eigenvalue weighted by Gasteiger charge is -2.34. The van der Waals surface area contributed by atoms with Gasteiger partial charge in [-0.15, -0.1) is 0 Å². The molecule has 0 aromatic heterocycles. The van der Waals surface area contributed by atoms with Crippen LogP contribution in [-0.2, 0) is 32.6 Å². The third-order valence-electron chi connectivity index (χ3n) is 7.78. The molecule has 0 heterocycles. The summed E-state index contributed by atoms with van der Waals surface area (Å²) in [5, 5.41) is 3.64. The number of nitrogens with zero attached hydrogens (tertiary/aromatic N) is 2. The van der Waals surface area contributed by atoms with Crippen molar-refractivity contribution in [3.8, 4) is 5.75 Å². The number of anilines is 1. The molecule has 2 amide bonds. The van der Waals surface area contributed by atoms with Crippen LogP contribution in [0.25, 0.3) is 0 Å². The van der Waals surface area contributed by atoms with Gasteiger partial charge >= 0.3 is 0 Å². The lowest BCUT2D eigenvalue weighted by Crippen LogP contribution is -2.54. The molecular weight excluding hydrogens is 737 g/mol. The van der Waals surface area contributed by atoms with E-state index in [1.165, 1.54) is 17.0 Å². The molecule has 0 unspecified atom stereocenters. The maximum absolute atomic E-state index is 14.7. The van der Waals surface area contributed by atoms with Gasteiger partial charge in [0.05, 0.1) is 17.2 Å². The van der Waals surface area contributed by atoms with Crippen LogP contribution in [0.5, 0.6) is 5.75 Å². The highest BCUT2D eigenvalue weighted by atomic mass is 79.9. The SMILES string of the molecule is CCOc1ccc(N(CC(=O)N(Cc2c(Cl)cccc2Cl)[C@H](Cc2ccccc2)C(=O)N[C@H](C)CC)S(=O)(=O)c2ccc(Br)cc2)cc1. The van der Waals surface area contributed by atoms with Crippen molar-refractivity contribution in [2.75, 3.05) is 17.5 Å². The van der Waals surface area contributed by atoms with E-state index in [-0.39, 0.29) is 35.5 Å². The zero-order chi connectivity index (χ0) is 34.8. The standard InChI is InChI=1S/C36H38BrCl2N3O5S/c1-4-25(3)40-36(44)34(22-26-10-7-6-8-11-26)41(23-31-32(38)12-9-13-33(31)39)35(43)24-42(28-16-18-29(19-17-28)47-5-2)48(45,46)30-20-14-27(37)15-21-30/h6-21,25,34H,4-5,22-24H2,1-3H3,(H,40,44)/t25-,34-/m1/s1. The van der Waals surface area contributed by atoms with E-state index in [1.807, 2.05) is 51.1 Å².